The minimum atomic E-state index is 0.755. The zero-order valence-electron chi connectivity index (χ0n) is 11.0. The van der Waals surface area contributed by atoms with E-state index in [0.717, 1.165) is 30.8 Å². The summed E-state index contributed by atoms with van der Waals surface area (Å²) in [4.78, 5) is 4.31. The van der Waals surface area contributed by atoms with Gasteiger partial charge in [-0.2, -0.15) is 0 Å². The Morgan fingerprint density at radius 2 is 2.12 bits per heavy atom. The molecule has 1 saturated carbocycles. The van der Waals surface area contributed by atoms with E-state index in [-0.39, 0.29) is 0 Å². The molecule has 1 N–H and O–H groups in total. The van der Waals surface area contributed by atoms with Crippen LogP contribution in [0, 0.1) is 11.8 Å². The Balaban J connectivity index is 1.62. The van der Waals surface area contributed by atoms with E-state index in [1.54, 1.807) is 11.3 Å². The molecule has 3 heteroatoms. The van der Waals surface area contributed by atoms with E-state index in [0.29, 0.717) is 0 Å². The van der Waals surface area contributed by atoms with Crippen molar-refractivity contribution in [1.29, 1.82) is 0 Å². The lowest BCUT2D eigenvalue weighted by atomic mass is 9.80. The van der Waals surface area contributed by atoms with Gasteiger partial charge in [0, 0.05) is 30.6 Å². The van der Waals surface area contributed by atoms with Gasteiger partial charge < -0.3 is 5.32 Å². The zero-order chi connectivity index (χ0) is 12.1. The van der Waals surface area contributed by atoms with Crippen LogP contribution >= 0.6 is 11.3 Å². The molecule has 0 amide bonds. The molecule has 1 aromatic rings. The van der Waals surface area contributed by atoms with E-state index < -0.39 is 0 Å². The Morgan fingerprint density at radius 1 is 1.35 bits per heavy atom. The zero-order valence-corrected chi connectivity index (χ0v) is 11.8. The molecule has 0 spiro atoms. The van der Waals surface area contributed by atoms with E-state index >= 15 is 0 Å². The van der Waals surface area contributed by atoms with Crippen molar-refractivity contribution in [1.82, 2.24) is 10.3 Å². The van der Waals surface area contributed by atoms with Crippen molar-refractivity contribution >= 4 is 11.3 Å². The Morgan fingerprint density at radius 3 is 2.71 bits per heavy atom. The summed E-state index contributed by atoms with van der Waals surface area (Å²) in [6.45, 7) is 5.81. The van der Waals surface area contributed by atoms with E-state index in [2.05, 4.69) is 29.5 Å². The first-order chi connectivity index (χ1) is 8.25. The molecule has 1 aliphatic rings. The number of aromatic nitrogens is 1. The highest BCUT2D eigenvalue weighted by Crippen LogP contribution is 2.29. The molecule has 0 radical (unpaired) electrons. The molecule has 1 aliphatic carbocycles. The fourth-order valence-electron chi connectivity index (χ4n) is 2.75. The molecule has 0 saturated heterocycles. The maximum Gasteiger partial charge on any atom is 0.0937 e. The summed E-state index contributed by atoms with van der Waals surface area (Å²) < 4.78 is 0. The Bertz CT molecular complexity index is 300. The number of nitrogens with zero attached hydrogens (tertiary/aromatic N) is 1. The van der Waals surface area contributed by atoms with Crippen molar-refractivity contribution in [3.05, 3.63) is 16.6 Å². The second-order valence-electron chi connectivity index (χ2n) is 5.49. The van der Waals surface area contributed by atoms with E-state index in [1.807, 2.05) is 6.20 Å². The topological polar surface area (TPSA) is 24.9 Å². The summed E-state index contributed by atoms with van der Waals surface area (Å²) in [5.74, 6) is 1.83. The van der Waals surface area contributed by atoms with Crippen LogP contribution in [0.25, 0.3) is 0 Å². The van der Waals surface area contributed by atoms with Crippen molar-refractivity contribution in [2.45, 2.75) is 52.0 Å². The third kappa shape index (κ3) is 4.07. The van der Waals surface area contributed by atoms with Crippen LogP contribution in [-0.4, -0.2) is 17.6 Å². The highest BCUT2D eigenvalue weighted by molar-refractivity contribution is 7.09. The normalized spacial score (nSPS) is 25.4. The molecule has 0 aromatic carbocycles. The summed E-state index contributed by atoms with van der Waals surface area (Å²) >= 11 is 1.76. The fraction of sp³-hybridized carbons (Fsp3) is 0.786. The second-order valence-corrected chi connectivity index (χ2v) is 6.46. The van der Waals surface area contributed by atoms with Crippen molar-refractivity contribution in [3.63, 3.8) is 0 Å². The van der Waals surface area contributed by atoms with Crippen LogP contribution in [0.2, 0.25) is 0 Å². The summed E-state index contributed by atoms with van der Waals surface area (Å²) in [6.07, 6.45) is 8.52. The Labute approximate surface area is 109 Å². The van der Waals surface area contributed by atoms with Crippen LogP contribution in [0.15, 0.2) is 11.6 Å². The van der Waals surface area contributed by atoms with Crippen LogP contribution in [0.5, 0.6) is 0 Å². The first kappa shape index (κ1) is 13.0. The van der Waals surface area contributed by atoms with Crippen LogP contribution < -0.4 is 5.32 Å². The third-order valence-corrected chi connectivity index (χ3v) is 4.81. The van der Waals surface area contributed by atoms with Gasteiger partial charge >= 0.3 is 0 Å². The second kappa shape index (κ2) is 6.50. The fourth-order valence-corrected chi connectivity index (χ4v) is 3.37. The molecule has 0 aliphatic heterocycles. The van der Waals surface area contributed by atoms with Crippen molar-refractivity contribution in [3.8, 4) is 0 Å². The minimum Gasteiger partial charge on any atom is -0.314 e. The molecular weight excluding hydrogens is 228 g/mol. The Kier molecular flexibility index (Phi) is 4.99. The molecule has 1 heterocycles. The minimum absolute atomic E-state index is 0.755. The Hall–Kier alpha value is -0.410. The number of rotatable bonds is 5. The third-order valence-electron chi connectivity index (χ3n) is 3.97. The average molecular weight is 252 g/mol. The smallest absolute Gasteiger partial charge is 0.0937 e. The first-order valence-corrected chi connectivity index (χ1v) is 7.75. The van der Waals surface area contributed by atoms with Gasteiger partial charge in [0.1, 0.15) is 0 Å². The summed E-state index contributed by atoms with van der Waals surface area (Å²) in [7, 11) is 0. The number of thiazole rings is 1. The van der Waals surface area contributed by atoms with Crippen LogP contribution in [0.1, 0.15) is 44.5 Å². The van der Waals surface area contributed by atoms with Gasteiger partial charge in [-0.3, -0.25) is 0 Å². The summed E-state index contributed by atoms with van der Waals surface area (Å²) in [5.41, 5.74) is 0. The largest absolute Gasteiger partial charge is 0.314 e. The van der Waals surface area contributed by atoms with Gasteiger partial charge in [0.2, 0.25) is 0 Å². The molecule has 17 heavy (non-hydrogen) atoms. The average Bonchev–Trinajstić information content (AvgIpc) is 2.83. The van der Waals surface area contributed by atoms with Crippen molar-refractivity contribution in [2.75, 3.05) is 6.54 Å². The lowest BCUT2D eigenvalue weighted by Gasteiger charge is -2.31. The molecular formula is C14H24N2S. The van der Waals surface area contributed by atoms with Crippen LogP contribution in [0.3, 0.4) is 0 Å². The molecule has 0 unspecified atom stereocenters. The van der Waals surface area contributed by atoms with Crippen LogP contribution in [0.4, 0.5) is 0 Å². The van der Waals surface area contributed by atoms with Gasteiger partial charge in [0.05, 0.1) is 5.01 Å². The van der Waals surface area contributed by atoms with Gasteiger partial charge in [-0.25, -0.2) is 4.98 Å². The number of nitrogens with one attached hydrogen (secondary N) is 1. The molecule has 2 nitrogen and oxygen atoms in total. The van der Waals surface area contributed by atoms with Gasteiger partial charge in [-0.1, -0.05) is 13.8 Å². The quantitative estimate of drug-likeness (QED) is 0.867. The van der Waals surface area contributed by atoms with Gasteiger partial charge in [0.25, 0.3) is 0 Å². The standard InChI is InChI=1S/C14H24N2S/c1-11(2)12-3-5-13(6-4-12)15-8-7-14-16-9-10-17-14/h9-13,15H,3-8H2,1-2H3. The first-order valence-electron chi connectivity index (χ1n) is 6.87. The highest BCUT2D eigenvalue weighted by atomic mass is 32.1. The van der Waals surface area contributed by atoms with Crippen LogP contribution in [-0.2, 0) is 6.42 Å². The van der Waals surface area contributed by atoms with E-state index in [1.165, 1.54) is 30.7 Å². The van der Waals surface area contributed by atoms with E-state index in [9.17, 15) is 0 Å². The molecule has 1 aromatic heterocycles. The SMILES string of the molecule is CC(C)C1CCC(NCCc2nccs2)CC1. The van der Waals surface area contributed by atoms with Gasteiger partial charge in [-0.05, 0) is 37.5 Å². The molecule has 2 rings (SSSR count). The number of hydrogen-bond donors (Lipinski definition) is 1. The predicted molar refractivity (Wildman–Crippen MR) is 74.4 cm³/mol. The summed E-state index contributed by atoms with van der Waals surface area (Å²) in [5, 5.41) is 7.00. The maximum absolute atomic E-state index is 4.31. The monoisotopic (exact) mass is 252 g/mol. The van der Waals surface area contributed by atoms with Crippen molar-refractivity contribution in [2.24, 2.45) is 11.8 Å². The molecule has 0 bridgehead atoms. The molecule has 1 fully saturated rings. The molecule has 96 valence electrons. The van der Waals surface area contributed by atoms with Gasteiger partial charge in [-0.15, -0.1) is 11.3 Å². The number of hydrogen-bond acceptors (Lipinski definition) is 3. The highest BCUT2D eigenvalue weighted by Gasteiger charge is 2.22. The predicted octanol–water partition coefficient (Wildman–Crippen LogP) is 3.49. The van der Waals surface area contributed by atoms with Crippen molar-refractivity contribution < 1.29 is 0 Å². The van der Waals surface area contributed by atoms with E-state index in [4.69, 9.17) is 0 Å². The van der Waals surface area contributed by atoms with Gasteiger partial charge in [0.15, 0.2) is 0 Å². The molecule has 0 atom stereocenters. The summed E-state index contributed by atoms with van der Waals surface area (Å²) in [6, 6.07) is 0.755. The lowest BCUT2D eigenvalue weighted by Crippen LogP contribution is -2.35. The maximum atomic E-state index is 4.31. The lowest BCUT2D eigenvalue weighted by molar-refractivity contribution is 0.239.